The van der Waals surface area contributed by atoms with E-state index in [9.17, 15) is 4.79 Å². The van der Waals surface area contributed by atoms with Crippen molar-refractivity contribution in [2.24, 2.45) is 5.41 Å². The molecule has 1 fully saturated rings. The van der Waals surface area contributed by atoms with Crippen molar-refractivity contribution < 1.29 is 14.3 Å². The molecular weight excluding hydrogens is 304 g/mol. The first-order valence-electron chi connectivity index (χ1n) is 7.42. The van der Waals surface area contributed by atoms with Gasteiger partial charge in [-0.05, 0) is 45.4 Å². The van der Waals surface area contributed by atoms with E-state index in [0.717, 1.165) is 25.1 Å². The first-order valence-corrected chi connectivity index (χ1v) is 7.42. The van der Waals surface area contributed by atoms with E-state index < -0.39 is 0 Å². The number of halogens is 1. The van der Waals surface area contributed by atoms with Crippen LogP contribution in [0.25, 0.3) is 0 Å². The monoisotopic (exact) mass is 328 g/mol. The third-order valence-electron chi connectivity index (χ3n) is 3.87. The molecule has 124 valence electrons. The molecule has 6 heteroatoms. The zero-order valence-electron chi connectivity index (χ0n) is 13.4. The maximum atomic E-state index is 12.5. The lowest BCUT2D eigenvalue weighted by atomic mass is 9.82. The first-order chi connectivity index (χ1) is 10.1. The molecular formula is C16H25ClN2O3. The Labute approximate surface area is 138 Å². The topological polar surface area (TPSA) is 59.6 Å². The van der Waals surface area contributed by atoms with Gasteiger partial charge in [-0.1, -0.05) is 0 Å². The molecule has 0 radical (unpaired) electrons. The lowest BCUT2D eigenvalue weighted by molar-refractivity contribution is -0.125. The highest BCUT2D eigenvalue weighted by Crippen LogP contribution is 2.32. The number of ether oxygens (including phenoxy) is 2. The predicted molar refractivity (Wildman–Crippen MR) is 90.3 cm³/mol. The van der Waals surface area contributed by atoms with Crippen molar-refractivity contribution in [3.8, 4) is 11.5 Å². The Balaban J connectivity index is 0.00000242. The Hall–Kier alpha value is -1.46. The molecule has 1 atom stereocenters. The molecule has 0 aromatic heterocycles. The van der Waals surface area contributed by atoms with Gasteiger partial charge < -0.3 is 20.1 Å². The summed E-state index contributed by atoms with van der Waals surface area (Å²) >= 11 is 0. The average molecular weight is 329 g/mol. The van der Waals surface area contributed by atoms with E-state index in [1.807, 2.05) is 26.0 Å². The highest BCUT2D eigenvalue weighted by Gasteiger charge is 2.34. The van der Waals surface area contributed by atoms with E-state index in [-0.39, 0.29) is 23.7 Å². The quantitative estimate of drug-likeness (QED) is 0.872. The number of carbonyl (C=O) groups excluding carboxylic acids is 1. The summed E-state index contributed by atoms with van der Waals surface area (Å²) in [6, 6.07) is 5.45. The van der Waals surface area contributed by atoms with Crippen molar-refractivity contribution in [3.63, 3.8) is 0 Å². The first kappa shape index (κ1) is 18.6. The van der Waals surface area contributed by atoms with Crippen LogP contribution in [-0.4, -0.2) is 32.7 Å². The van der Waals surface area contributed by atoms with Crippen molar-refractivity contribution >= 4 is 24.0 Å². The molecule has 5 nitrogen and oxygen atoms in total. The number of hydrogen-bond donors (Lipinski definition) is 2. The molecule has 1 saturated heterocycles. The van der Waals surface area contributed by atoms with Crippen LogP contribution < -0.4 is 20.1 Å². The van der Waals surface area contributed by atoms with Gasteiger partial charge in [-0.25, -0.2) is 0 Å². The number of piperidine rings is 1. The Kier molecular flexibility index (Phi) is 6.97. The van der Waals surface area contributed by atoms with Gasteiger partial charge in [0.2, 0.25) is 5.91 Å². The van der Waals surface area contributed by atoms with Gasteiger partial charge in [0.15, 0.2) is 11.5 Å². The van der Waals surface area contributed by atoms with E-state index in [0.29, 0.717) is 24.7 Å². The van der Waals surface area contributed by atoms with Crippen molar-refractivity contribution in [2.75, 3.05) is 32.1 Å². The summed E-state index contributed by atoms with van der Waals surface area (Å²) in [7, 11) is 1.59. The van der Waals surface area contributed by atoms with Crippen molar-refractivity contribution in [1.29, 1.82) is 0 Å². The fourth-order valence-corrected chi connectivity index (χ4v) is 2.55. The second-order valence-electron chi connectivity index (χ2n) is 5.59. The summed E-state index contributed by atoms with van der Waals surface area (Å²) in [6.45, 7) is 6.20. The van der Waals surface area contributed by atoms with Crippen LogP contribution in [0.1, 0.15) is 26.7 Å². The molecule has 22 heavy (non-hydrogen) atoms. The van der Waals surface area contributed by atoms with E-state index >= 15 is 0 Å². The van der Waals surface area contributed by atoms with Crippen LogP contribution >= 0.6 is 12.4 Å². The highest BCUT2D eigenvalue weighted by atomic mass is 35.5. The minimum Gasteiger partial charge on any atom is -0.493 e. The van der Waals surface area contributed by atoms with E-state index in [2.05, 4.69) is 10.6 Å². The number of hydrogen-bond acceptors (Lipinski definition) is 4. The van der Waals surface area contributed by atoms with Gasteiger partial charge in [0.1, 0.15) is 0 Å². The largest absolute Gasteiger partial charge is 0.493 e. The average Bonchev–Trinajstić information content (AvgIpc) is 2.49. The number of carbonyl (C=O) groups is 1. The lowest BCUT2D eigenvalue weighted by Crippen LogP contribution is -2.46. The SMILES string of the molecule is CCOc1ccc(NC(=O)C2(C)CCCNC2)cc1OC.Cl. The zero-order chi connectivity index (χ0) is 15.3. The molecule has 0 aliphatic carbocycles. The van der Waals surface area contributed by atoms with Gasteiger partial charge in [0, 0.05) is 18.3 Å². The second kappa shape index (κ2) is 8.25. The van der Waals surface area contributed by atoms with Crippen LogP contribution in [0.5, 0.6) is 11.5 Å². The maximum Gasteiger partial charge on any atom is 0.231 e. The summed E-state index contributed by atoms with van der Waals surface area (Å²) in [5.74, 6) is 1.35. The standard InChI is InChI=1S/C16H24N2O3.ClH/c1-4-21-13-7-6-12(10-14(13)20-3)18-15(19)16(2)8-5-9-17-11-16;/h6-7,10,17H,4-5,8-9,11H2,1-3H3,(H,18,19);1H. The predicted octanol–water partition coefficient (Wildman–Crippen LogP) is 2.84. The molecule has 0 spiro atoms. The molecule has 1 heterocycles. The molecule has 1 aliphatic heterocycles. The van der Waals surface area contributed by atoms with Gasteiger partial charge in [0.25, 0.3) is 0 Å². The molecule has 1 aromatic carbocycles. The molecule has 2 N–H and O–H groups in total. The molecule has 0 bridgehead atoms. The minimum atomic E-state index is -0.357. The van der Waals surface area contributed by atoms with E-state index in [1.165, 1.54) is 0 Å². The minimum absolute atomic E-state index is 0. The zero-order valence-corrected chi connectivity index (χ0v) is 14.2. The Morgan fingerprint density at radius 2 is 2.18 bits per heavy atom. The summed E-state index contributed by atoms with van der Waals surface area (Å²) < 4.78 is 10.8. The normalized spacial score (nSPS) is 20.7. The lowest BCUT2D eigenvalue weighted by Gasteiger charge is -2.32. The van der Waals surface area contributed by atoms with Gasteiger partial charge in [-0.3, -0.25) is 4.79 Å². The van der Waals surface area contributed by atoms with E-state index in [1.54, 1.807) is 13.2 Å². The highest BCUT2D eigenvalue weighted by molar-refractivity contribution is 5.95. The second-order valence-corrected chi connectivity index (χ2v) is 5.59. The summed E-state index contributed by atoms with van der Waals surface area (Å²) in [6.07, 6.45) is 1.93. The van der Waals surface area contributed by atoms with Crippen LogP contribution in [0.4, 0.5) is 5.69 Å². The summed E-state index contributed by atoms with van der Waals surface area (Å²) in [5.41, 5.74) is 0.372. The van der Waals surface area contributed by atoms with Gasteiger partial charge in [-0.2, -0.15) is 0 Å². The number of benzene rings is 1. The van der Waals surface area contributed by atoms with Crippen LogP contribution in [0.2, 0.25) is 0 Å². The molecule has 1 aliphatic rings. The van der Waals surface area contributed by atoms with Crippen LogP contribution in [-0.2, 0) is 4.79 Å². The number of nitrogens with one attached hydrogen (secondary N) is 2. The van der Waals surface area contributed by atoms with Crippen LogP contribution in [0, 0.1) is 5.41 Å². The van der Waals surface area contributed by atoms with Crippen molar-refractivity contribution in [1.82, 2.24) is 5.32 Å². The Morgan fingerprint density at radius 3 is 2.77 bits per heavy atom. The molecule has 1 amide bonds. The number of rotatable bonds is 5. The number of methoxy groups -OCH3 is 1. The summed E-state index contributed by atoms with van der Waals surface area (Å²) in [5, 5.41) is 6.27. The Bertz CT molecular complexity index is 502. The molecule has 1 aromatic rings. The van der Waals surface area contributed by atoms with Gasteiger partial charge in [-0.15, -0.1) is 12.4 Å². The van der Waals surface area contributed by atoms with Gasteiger partial charge in [0.05, 0.1) is 19.1 Å². The summed E-state index contributed by atoms with van der Waals surface area (Å²) in [4.78, 5) is 12.5. The van der Waals surface area contributed by atoms with Crippen LogP contribution in [0.3, 0.4) is 0 Å². The fourth-order valence-electron chi connectivity index (χ4n) is 2.55. The third-order valence-corrected chi connectivity index (χ3v) is 3.87. The third kappa shape index (κ3) is 4.27. The van der Waals surface area contributed by atoms with Crippen LogP contribution in [0.15, 0.2) is 18.2 Å². The van der Waals surface area contributed by atoms with Gasteiger partial charge >= 0.3 is 0 Å². The van der Waals surface area contributed by atoms with E-state index in [4.69, 9.17) is 9.47 Å². The van der Waals surface area contributed by atoms with Crippen molar-refractivity contribution in [2.45, 2.75) is 26.7 Å². The molecule has 0 saturated carbocycles. The smallest absolute Gasteiger partial charge is 0.231 e. The number of anilines is 1. The Morgan fingerprint density at radius 1 is 1.41 bits per heavy atom. The fraction of sp³-hybridized carbons (Fsp3) is 0.562. The number of amides is 1. The van der Waals surface area contributed by atoms with Crippen molar-refractivity contribution in [3.05, 3.63) is 18.2 Å². The maximum absolute atomic E-state index is 12.5. The molecule has 1 unspecified atom stereocenters. The molecule has 2 rings (SSSR count).